The molecular weight excluding hydrogens is 183 g/mol. The third kappa shape index (κ3) is 3.04. The van der Waals surface area contributed by atoms with Gasteiger partial charge in [-0.25, -0.2) is 9.60 Å². The van der Waals surface area contributed by atoms with Crippen molar-refractivity contribution in [3.63, 3.8) is 0 Å². The molecule has 1 aromatic rings. The highest BCUT2D eigenvalue weighted by molar-refractivity contribution is 6.59. The minimum atomic E-state index is -1.28. The van der Waals surface area contributed by atoms with Crippen molar-refractivity contribution in [2.24, 2.45) is 0 Å². The summed E-state index contributed by atoms with van der Waals surface area (Å²) in [6, 6.07) is 8.55. The van der Waals surface area contributed by atoms with Crippen molar-refractivity contribution in [2.45, 2.75) is 0 Å². The van der Waals surface area contributed by atoms with E-state index in [1.165, 1.54) is 0 Å². The quantitative estimate of drug-likeness (QED) is 0.316. The Balaban J connectivity index is 2.47. The minimum Gasteiger partial charge on any atom is -0.421 e. The van der Waals surface area contributed by atoms with E-state index < -0.39 is 13.1 Å². The Labute approximate surface area is 81.8 Å². The second kappa shape index (κ2) is 5.21. The number of benzene rings is 1. The van der Waals surface area contributed by atoms with Crippen molar-refractivity contribution in [1.29, 1.82) is 0 Å². The van der Waals surface area contributed by atoms with Crippen LogP contribution in [0.25, 0.3) is 0 Å². The lowest BCUT2D eigenvalue weighted by Gasteiger charge is -2.04. The van der Waals surface area contributed by atoms with Crippen molar-refractivity contribution in [2.75, 3.05) is 0 Å². The van der Waals surface area contributed by atoms with Crippen molar-refractivity contribution in [3.8, 4) is 0 Å². The van der Waals surface area contributed by atoms with Gasteiger partial charge in [0.1, 0.15) is 0 Å². The predicted molar refractivity (Wildman–Crippen MR) is 51.4 cm³/mol. The summed E-state index contributed by atoms with van der Waals surface area (Å²) in [5, 5.41) is 9.33. The first-order valence-electron chi connectivity index (χ1n) is 3.97. The molecular formula is C9H9BO4. The molecule has 0 aliphatic heterocycles. The van der Waals surface area contributed by atoms with Crippen LogP contribution in [0.1, 0.15) is 0 Å². The Morgan fingerprint density at radius 3 is 2.64 bits per heavy atom. The van der Waals surface area contributed by atoms with Gasteiger partial charge in [-0.2, -0.15) is 0 Å². The molecule has 0 fully saturated rings. The predicted octanol–water partition coefficient (Wildman–Crippen LogP) is 0.0349. The second-order valence-corrected chi connectivity index (χ2v) is 2.47. The number of rotatable bonds is 4. The Morgan fingerprint density at radius 2 is 2.07 bits per heavy atom. The van der Waals surface area contributed by atoms with Gasteiger partial charge in [0.05, 0.1) is 0 Å². The maximum Gasteiger partial charge on any atom is 0.538 e. The molecule has 0 heterocycles. The lowest BCUT2D eigenvalue weighted by atomic mass is 9.80. The largest absolute Gasteiger partial charge is 0.538 e. The van der Waals surface area contributed by atoms with Crippen LogP contribution in [0, 0.1) is 0 Å². The lowest BCUT2D eigenvalue weighted by Crippen LogP contribution is -2.34. The van der Waals surface area contributed by atoms with Gasteiger partial charge in [0.2, 0.25) is 0 Å². The Hall–Kier alpha value is -1.59. The van der Waals surface area contributed by atoms with E-state index in [2.05, 4.69) is 16.3 Å². The van der Waals surface area contributed by atoms with E-state index >= 15 is 0 Å². The summed E-state index contributed by atoms with van der Waals surface area (Å²) in [7, 11) is -1.28. The maximum atomic E-state index is 10.6. The van der Waals surface area contributed by atoms with Gasteiger partial charge in [0, 0.05) is 6.08 Å². The van der Waals surface area contributed by atoms with Crippen LogP contribution in [-0.2, 0) is 14.5 Å². The zero-order valence-corrected chi connectivity index (χ0v) is 7.42. The van der Waals surface area contributed by atoms with Crippen LogP contribution in [0.5, 0.6) is 0 Å². The summed E-state index contributed by atoms with van der Waals surface area (Å²) in [6.07, 6.45) is 0.942. The van der Waals surface area contributed by atoms with E-state index in [0.29, 0.717) is 5.46 Å². The molecule has 1 N–H and O–H groups in total. The average molecular weight is 192 g/mol. The maximum absolute atomic E-state index is 10.6. The molecule has 0 spiro atoms. The van der Waals surface area contributed by atoms with Crippen LogP contribution in [0.15, 0.2) is 43.0 Å². The molecule has 0 radical (unpaired) electrons. The third-order valence-corrected chi connectivity index (χ3v) is 1.47. The zero-order valence-electron chi connectivity index (χ0n) is 7.42. The number of hydrogen-bond acceptors (Lipinski definition) is 4. The molecule has 0 aliphatic carbocycles. The molecule has 0 atom stereocenters. The van der Waals surface area contributed by atoms with Gasteiger partial charge in [0.25, 0.3) is 0 Å². The Morgan fingerprint density at radius 1 is 1.43 bits per heavy atom. The van der Waals surface area contributed by atoms with E-state index in [4.69, 9.17) is 0 Å². The molecule has 0 bridgehead atoms. The fourth-order valence-electron chi connectivity index (χ4n) is 0.800. The average Bonchev–Trinajstić information content (AvgIpc) is 2.26. The van der Waals surface area contributed by atoms with E-state index in [9.17, 15) is 9.82 Å². The second-order valence-electron chi connectivity index (χ2n) is 2.47. The van der Waals surface area contributed by atoms with Crippen molar-refractivity contribution in [3.05, 3.63) is 43.0 Å². The molecule has 1 aromatic carbocycles. The fourth-order valence-corrected chi connectivity index (χ4v) is 0.800. The number of carbonyl (C=O) groups excluding carboxylic acids is 1. The van der Waals surface area contributed by atoms with Crippen LogP contribution < -0.4 is 5.46 Å². The lowest BCUT2D eigenvalue weighted by molar-refractivity contribution is -0.215. The van der Waals surface area contributed by atoms with Gasteiger partial charge in [0.15, 0.2) is 0 Å². The van der Waals surface area contributed by atoms with Gasteiger partial charge in [-0.05, 0) is 5.46 Å². The highest BCUT2D eigenvalue weighted by Gasteiger charge is 2.18. The van der Waals surface area contributed by atoms with E-state index in [1.807, 2.05) is 0 Å². The topological polar surface area (TPSA) is 55.8 Å². The van der Waals surface area contributed by atoms with E-state index in [-0.39, 0.29) is 0 Å². The smallest absolute Gasteiger partial charge is 0.421 e. The van der Waals surface area contributed by atoms with Crippen molar-refractivity contribution >= 4 is 18.6 Å². The molecule has 4 nitrogen and oxygen atoms in total. The van der Waals surface area contributed by atoms with Crippen LogP contribution in [0.2, 0.25) is 0 Å². The third-order valence-electron chi connectivity index (χ3n) is 1.47. The summed E-state index contributed by atoms with van der Waals surface area (Å²) in [6.45, 7) is 3.18. The van der Waals surface area contributed by atoms with E-state index in [0.717, 1.165) is 6.08 Å². The molecule has 0 saturated carbocycles. The van der Waals surface area contributed by atoms with Crippen LogP contribution >= 0.6 is 0 Å². The van der Waals surface area contributed by atoms with Crippen LogP contribution in [-0.4, -0.2) is 18.1 Å². The van der Waals surface area contributed by atoms with Gasteiger partial charge >= 0.3 is 13.1 Å². The summed E-state index contributed by atoms with van der Waals surface area (Å²) >= 11 is 0. The molecule has 0 aliphatic rings. The monoisotopic (exact) mass is 192 g/mol. The number of carbonyl (C=O) groups is 1. The number of hydrogen-bond donors (Lipinski definition) is 1. The minimum absolute atomic E-state index is 0.504. The molecule has 0 amide bonds. The highest BCUT2D eigenvalue weighted by atomic mass is 17.2. The molecule has 0 unspecified atom stereocenters. The Kier molecular flexibility index (Phi) is 3.91. The molecule has 0 saturated heterocycles. The first kappa shape index (κ1) is 10.5. The standard InChI is InChI=1S/C9H9BO4/c1-2-9(11)13-14-10(12)8-6-4-3-5-7-8/h2-7,12H,1H2. The summed E-state index contributed by atoms with van der Waals surface area (Å²) < 4.78 is 0. The first-order chi connectivity index (χ1) is 6.74. The molecule has 0 aromatic heterocycles. The summed E-state index contributed by atoms with van der Waals surface area (Å²) in [5.74, 6) is -0.750. The molecule has 1 rings (SSSR count). The SMILES string of the molecule is C=CC(=O)OOB(O)c1ccccc1. The molecule has 5 heteroatoms. The Bertz CT molecular complexity index is 312. The first-order valence-corrected chi connectivity index (χ1v) is 3.97. The summed E-state index contributed by atoms with van der Waals surface area (Å²) in [5.41, 5.74) is 0.504. The van der Waals surface area contributed by atoms with Gasteiger partial charge in [-0.15, -0.1) is 0 Å². The molecule has 14 heavy (non-hydrogen) atoms. The van der Waals surface area contributed by atoms with E-state index in [1.54, 1.807) is 30.3 Å². The normalized spacial score (nSPS) is 9.21. The summed E-state index contributed by atoms with van der Waals surface area (Å²) in [4.78, 5) is 19.2. The van der Waals surface area contributed by atoms with Crippen LogP contribution in [0.4, 0.5) is 0 Å². The van der Waals surface area contributed by atoms with Crippen LogP contribution in [0.3, 0.4) is 0 Å². The fraction of sp³-hybridized carbons (Fsp3) is 0. The van der Waals surface area contributed by atoms with Gasteiger partial charge in [-0.3, -0.25) is 0 Å². The molecule has 72 valence electrons. The zero-order chi connectivity index (χ0) is 10.4. The van der Waals surface area contributed by atoms with Gasteiger partial charge in [-0.1, -0.05) is 36.9 Å². The van der Waals surface area contributed by atoms with Gasteiger partial charge < -0.3 is 9.91 Å². The van der Waals surface area contributed by atoms with Crippen molar-refractivity contribution < 1.29 is 19.5 Å². The highest BCUT2D eigenvalue weighted by Crippen LogP contribution is 1.90. The van der Waals surface area contributed by atoms with Crippen molar-refractivity contribution in [1.82, 2.24) is 0 Å².